The predicted molar refractivity (Wildman–Crippen MR) is 81.2 cm³/mol. The van der Waals surface area contributed by atoms with Crippen LogP contribution in [0.1, 0.15) is 50.7 Å². The van der Waals surface area contributed by atoms with Crippen LogP contribution in [0.4, 0.5) is 0 Å². The minimum Gasteiger partial charge on any atom is -0.508 e. The second-order valence-corrected chi connectivity index (χ2v) is 7.11. The van der Waals surface area contributed by atoms with E-state index < -0.39 is 5.41 Å². The van der Waals surface area contributed by atoms with Crippen molar-refractivity contribution in [3.63, 3.8) is 0 Å². The smallest absolute Gasteiger partial charge is 0.311 e. The zero-order chi connectivity index (χ0) is 15.3. The number of aryl methyl sites for hydroxylation is 1. The van der Waals surface area contributed by atoms with Crippen LogP contribution in [0, 0.1) is 11.3 Å². The summed E-state index contributed by atoms with van der Waals surface area (Å²) >= 11 is 0. The molecule has 114 valence electrons. The van der Waals surface area contributed by atoms with E-state index in [9.17, 15) is 9.90 Å². The molecule has 0 radical (unpaired) electrons. The molecule has 1 unspecified atom stereocenters. The Morgan fingerprint density at radius 3 is 2.81 bits per heavy atom. The summed E-state index contributed by atoms with van der Waals surface area (Å²) in [6.45, 7) is 4.32. The summed E-state index contributed by atoms with van der Waals surface area (Å²) in [5.41, 5.74) is 2.09. The molecular formula is C18H24O3. The molecule has 1 N–H and O–H groups in total. The van der Waals surface area contributed by atoms with E-state index in [4.69, 9.17) is 4.74 Å². The van der Waals surface area contributed by atoms with Gasteiger partial charge in [-0.3, -0.25) is 4.79 Å². The molecule has 2 aliphatic rings. The van der Waals surface area contributed by atoms with Gasteiger partial charge >= 0.3 is 5.97 Å². The van der Waals surface area contributed by atoms with E-state index in [1.165, 1.54) is 18.2 Å². The van der Waals surface area contributed by atoms with Crippen LogP contribution in [0.3, 0.4) is 0 Å². The molecular weight excluding hydrogens is 264 g/mol. The lowest BCUT2D eigenvalue weighted by Gasteiger charge is -2.54. The van der Waals surface area contributed by atoms with Gasteiger partial charge in [0, 0.05) is 0 Å². The maximum absolute atomic E-state index is 12.4. The zero-order valence-corrected chi connectivity index (χ0v) is 13.1. The van der Waals surface area contributed by atoms with Gasteiger partial charge in [-0.2, -0.15) is 0 Å². The van der Waals surface area contributed by atoms with Crippen molar-refractivity contribution in [2.24, 2.45) is 11.3 Å². The number of fused-ring (bicyclic) bond motifs is 3. The van der Waals surface area contributed by atoms with Crippen molar-refractivity contribution in [3.05, 3.63) is 29.3 Å². The van der Waals surface area contributed by atoms with Crippen molar-refractivity contribution < 1.29 is 14.6 Å². The first-order valence-electron chi connectivity index (χ1n) is 7.82. The average Bonchev–Trinajstić information content (AvgIpc) is 2.46. The summed E-state index contributed by atoms with van der Waals surface area (Å²) in [5, 5.41) is 9.89. The van der Waals surface area contributed by atoms with Crippen LogP contribution in [0.5, 0.6) is 5.75 Å². The Balaban J connectivity index is 2.10. The fraction of sp³-hybridized carbons (Fsp3) is 0.611. The molecule has 0 amide bonds. The molecule has 0 spiro atoms. The largest absolute Gasteiger partial charge is 0.508 e. The number of methoxy groups -OCH3 is 1. The highest BCUT2D eigenvalue weighted by atomic mass is 16.5. The van der Waals surface area contributed by atoms with Gasteiger partial charge in [0.25, 0.3) is 0 Å². The van der Waals surface area contributed by atoms with Gasteiger partial charge in [-0.15, -0.1) is 0 Å². The minimum absolute atomic E-state index is 0.0481. The molecule has 0 heterocycles. The van der Waals surface area contributed by atoms with E-state index in [-0.39, 0.29) is 17.3 Å². The third-order valence-corrected chi connectivity index (χ3v) is 5.99. The lowest BCUT2D eigenvalue weighted by molar-refractivity contribution is -0.161. The maximum atomic E-state index is 12.4. The first-order valence-corrected chi connectivity index (χ1v) is 7.82. The third-order valence-electron chi connectivity index (χ3n) is 5.99. The quantitative estimate of drug-likeness (QED) is 0.803. The Morgan fingerprint density at radius 2 is 2.10 bits per heavy atom. The molecule has 2 aliphatic carbocycles. The molecule has 0 saturated heterocycles. The molecule has 3 nitrogen and oxygen atoms in total. The first kappa shape index (κ1) is 14.4. The van der Waals surface area contributed by atoms with Crippen molar-refractivity contribution in [1.82, 2.24) is 0 Å². The van der Waals surface area contributed by atoms with Crippen molar-refractivity contribution in [2.45, 2.75) is 51.4 Å². The number of rotatable bonds is 1. The number of aromatic hydroxyl groups is 1. The van der Waals surface area contributed by atoms with Crippen LogP contribution in [0.2, 0.25) is 0 Å². The number of hydrogen-bond acceptors (Lipinski definition) is 3. The fourth-order valence-corrected chi connectivity index (χ4v) is 4.93. The van der Waals surface area contributed by atoms with Gasteiger partial charge in [-0.05, 0) is 67.2 Å². The summed E-state index contributed by atoms with van der Waals surface area (Å²) in [6.07, 6.45) is 4.98. The molecule has 1 aromatic rings. The van der Waals surface area contributed by atoms with Crippen LogP contribution in [0.25, 0.3) is 0 Å². The van der Waals surface area contributed by atoms with E-state index in [1.807, 2.05) is 12.1 Å². The maximum Gasteiger partial charge on any atom is 0.311 e. The number of phenols is 1. The van der Waals surface area contributed by atoms with E-state index in [1.54, 1.807) is 6.07 Å². The Labute approximate surface area is 126 Å². The predicted octanol–water partition coefficient (Wildman–Crippen LogP) is 3.58. The standard InChI is InChI=1S/C18H24O3/c1-17-9-4-10-18(2,16(20)21-3)15(17)8-6-12-5-7-13(19)11-14(12)17/h5,7,11,15,19H,4,6,8-10H2,1-3H3/t15-,17?,18+/m1/s1. The van der Waals surface area contributed by atoms with E-state index >= 15 is 0 Å². The van der Waals surface area contributed by atoms with Gasteiger partial charge in [0.15, 0.2) is 0 Å². The molecule has 3 rings (SSSR count). The number of ether oxygens (including phenoxy) is 1. The molecule has 21 heavy (non-hydrogen) atoms. The van der Waals surface area contributed by atoms with E-state index in [2.05, 4.69) is 13.8 Å². The zero-order valence-electron chi connectivity index (χ0n) is 13.1. The van der Waals surface area contributed by atoms with Crippen LogP contribution in [-0.2, 0) is 21.4 Å². The number of carbonyl (C=O) groups is 1. The molecule has 3 heteroatoms. The number of phenolic OH excluding ortho intramolecular Hbond substituents is 1. The summed E-state index contributed by atoms with van der Waals surface area (Å²) in [4.78, 5) is 12.4. The normalized spacial score (nSPS) is 34.7. The average molecular weight is 288 g/mol. The second kappa shape index (κ2) is 4.75. The Morgan fingerprint density at radius 1 is 1.33 bits per heavy atom. The molecule has 1 saturated carbocycles. The van der Waals surface area contributed by atoms with Gasteiger partial charge in [0.1, 0.15) is 5.75 Å². The number of hydrogen-bond donors (Lipinski definition) is 1. The molecule has 3 atom stereocenters. The lowest BCUT2D eigenvalue weighted by Crippen LogP contribution is -2.52. The molecule has 0 bridgehead atoms. The fourth-order valence-electron chi connectivity index (χ4n) is 4.93. The van der Waals surface area contributed by atoms with Crippen LogP contribution < -0.4 is 0 Å². The molecule has 0 aliphatic heterocycles. The topological polar surface area (TPSA) is 46.5 Å². The highest BCUT2D eigenvalue weighted by Crippen LogP contribution is 2.57. The minimum atomic E-state index is -0.412. The van der Waals surface area contributed by atoms with E-state index in [0.717, 1.165) is 32.1 Å². The first-order chi connectivity index (χ1) is 9.91. The number of benzene rings is 1. The van der Waals surface area contributed by atoms with Gasteiger partial charge in [-0.25, -0.2) is 0 Å². The van der Waals surface area contributed by atoms with Crippen molar-refractivity contribution in [2.75, 3.05) is 7.11 Å². The Bertz CT molecular complexity index is 580. The molecule has 1 aromatic carbocycles. The highest BCUT2D eigenvalue weighted by Gasteiger charge is 2.55. The molecule has 0 aromatic heterocycles. The Kier molecular flexibility index (Phi) is 3.27. The lowest BCUT2D eigenvalue weighted by atomic mass is 9.50. The van der Waals surface area contributed by atoms with Crippen LogP contribution in [-0.4, -0.2) is 18.2 Å². The van der Waals surface area contributed by atoms with E-state index in [0.29, 0.717) is 5.75 Å². The van der Waals surface area contributed by atoms with Gasteiger partial charge in [0.2, 0.25) is 0 Å². The summed E-state index contributed by atoms with van der Waals surface area (Å²) in [7, 11) is 1.49. The van der Waals surface area contributed by atoms with Gasteiger partial charge < -0.3 is 9.84 Å². The highest BCUT2D eigenvalue weighted by molar-refractivity contribution is 5.77. The third kappa shape index (κ3) is 1.97. The summed E-state index contributed by atoms with van der Waals surface area (Å²) < 4.78 is 5.11. The van der Waals surface area contributed by atoms with Crippen LogP contribution in [0.15, 0.2) is 18.2 Å². The summed E-state index contributed by atoms with van der Waals surface area (Å²) in [6, 6.07) is 5.71. The van der Waals surface area contributed by atoms with Crippen molar-refractivity contribution >= 4 is 5.97 Å². The second-order valence-electron chi connectivity index (χ2n) is 7.11. The van der Waals surface area contributed by atoms with Crippen molar-refractivity contribution in [3.8, 4) is 5.75 Å². The molecule has 1 fully saturated rings. The monoisotopic (exact) mass is 288 g/mol. The van der Waals surface area contributed by atoms with Gasteiger partial charge in [0.05, 0.1) is 12.5 Å². The van der Waals surface area contributed by atoms with Crippen molar-refractivity contribution in [1.29, 1.82) is 0 Å². The SMILES string of the molecule is COC(=O)[C@@]1(C)CCCC2(C)c3cc(O)ccc3CC[C@H]21. The van der Waals surface area contributed by atoms with Crippen LogP contribution >= 0.6 is 0 Å². The summed E-state index contributed by atoms with van der Waals surface area (Å²) in [5.74, 6) is 0.517. The number of carbonyl (C=O) groups excluding carboxylic acids is 1. The van der Waals surface area contributed by atoms with Gasteiger partial charge in [-0.1, -0.05) is 19.4 Å². The number of esters is 1. The Hall–Kier alpha value is -1.51.